The van der Waals surface area contributed by atoms with Gasteiger partial charge < -0.3 is 10.5 Å². The number of hydrogen-bond donors (Lipinski definition) is 1. The van der Waals surface area contributed by atoms with Gasteiger partial charge in [0.15, 0.2) is 0 Å². The van der Waals surface area contributed by atoms with Gasteiger partial charge in [0.1, 0.15) is 11.6 Å². The van der Waals surface area contributed by atoms with Gasteiger partial charge in [-0.1, -0.05) is 382 Å². The van der Waals surface area contributed by atoms with E-state index in [0.717, 1.165) is 27.6 Å². The maximum atomic E-state index is 5.91. The van der Waals surface area contributed by atoms with Gasteiger partial charge in [-0.15, -0.1) is 0 Å². The van der Waals surface area contributed by atoms with Crippen molar-refractivity contribution in [2.75, 3.05) is 12.8 Å². The van der Waals surface area contributed by atoms with E-state index in [-0.39, 0.29) is 20.4 Å². The molecule has 0 amide bonds. The van der Waals surface area contributed by atoms with Crippen LogP contribution in [0.3, 0.4) is 0 Å². The van der Waals surface area contributed by atoms with Crippen LogP contribution in [0.15, 0.2) is 419 Å². The summed E-state index contributed by atoms with van der Waals surface area (Å²) in [6.45, 7) is 0. The zero-order valence-corrected chi connectivity index (χ0v) is 58.5. The van der Waals surface area contributed by atoms with E-state index in [2.05, 4.69) is 387 Å². The maximum Gasteiger partial charge on any atom is 0.131 e. The van der Waals surface area contributed by atoms with Crippen LogP contribution < -0.4 is 74.1 Å². The molecule has 3 nitrogen and oxygen atoms in total. The van der Waals surface area contributed by atoms with Gasteiger partial charge in [0, 0.05) is 32.2 Å². The second-order valence-electron chi connectivity index (χ2n) is 21.7. The number of fused-ring (bicyclic) bond motifs is 1. The van der Waals surface area contributed by atoms with E-state index in [9.17, 15) is 0 Å². The molecule has 2 N–H and O–H groups in total. The van der Waals surface area contributed by atoms with Gasteiger partial charge in [-0.3, -0.25) is 0 Å². The predicted octanol–water partition coefficient (Wildman–Crippen LogP) is 17.3. The molecule has 0 bridgehead atoms. The molecule has 0 unspecified atom stereocenters. The van der Waals surface area contributed by atoms with E-state index in [4.69, 9.17) is 10.5 Å². The third kappa shape index (κ3) is 19.6. The number of methoxy groups -OCH3 is 1. The number of benzene rings is 14. The fraction of sp³-hybridized carbons (Fsp3) is 0.0114. The van der Waals surface area contributed by atoms with Gasteiger partial charge in [-0.2, -0.15) is 0 Å². The molecule has 472 valence electrons. The Morgan fingerprint density at radius 1 is 0.240 bits per heavy atom. The van der Waals surface area contributed by atoms with Crippen LogP contribution in [0.25, 0.3) is 21.9 Å². The molecule has 0 fully saturated rings. The maximum absolute atomic E-state index is 5.91. The quantitative estimate of drug-likeness (QED) is 0.0872. The number of nitrogens with zero attached hydrogens (tertiary/aromatic N) is 1. The van der Waals surface area contributed by atoms with Crippen LogP contribution in [0.5, 0.6) is 5.75 Å². The van der Waals surface area contributed by atoms with Crippen molar-refractivity contribution in [1.82, 2.24) is 4.98 Å². The molecule has 0 spiro atoms. The van der Waals surface area contributed by atoms with Crippen LogP contribution >= 0.6 is 31.7 Å². The monoisotopic (exact) mass is 1400 g/mol. The third-order valence-corrected chi connectivity index (χ3v) is 25.1. The second kappa shape index (κ2) is 37.5. The fourth-order valence-corrected chi connectivity index (χ4v) is 20.1. The van der Waals surface area contributed by atoms with Crippen molar-refractivity contribution in [3.05, 3.63) is 419 Å². The van der Waals surface area contributed by atoms with E-state index in [1.165, 1.54) is 63.7 Å². The van der Waals surface area contributed by atoms with Gasteiger partial charge in [0.25, 0.3) is 0 Å². The zero-order valence-electron chi connectivity index (χ0n) is 53.4. The molecular formula is C88H74N2OP4Pd. The van der Waals surface area contributed by atoms with Gasteiger partial charge >= 0.3 is 0 Å². The Labute approximate surface area is 586 Å². The van der Waals surface area contributed by atoms with E-state index < -0.39 is 31.7 Å². The van der Waals surface area contributed by atoms with Gasteiger partial charge in [-0.05, 0) is 142 Å². The van der Waals surface area contributed by atoms with Crippen LogP contribution in [0, 0.1) is 0 Å². The summed E-state index contributed by atoms with van der Waals surface area (Å²) in [7, 11) is -0.111. The van der Waals surface area contributed by atoms with E-state index >= 15 is 0 Å². The first kappa shape index (κ1) is 69.3. The Morgan fingerprint density at radius 3 is 0.656 bits per heavy atom. The van der Waals surface area contributed by atoms with Crippen molar-refractivity contribution in [2.45, 2.75) is 0 Å². The summed E-state index contributed by atoms with van der Waals surface area (Å²) < 4.78 is 5.23. The molecule has 15 rings (SSSR count). The first-order valence-electron chi connectivity index (χ1n) is 31.7. The Morgan fingerprint density at radius 2 is 0.448 bits per heavy atom. The largest absolute Gasteiger partial charge is 0.497 e. The van der Waals surface area contributed by atoms with Crippen molar-refractivity contribution >= 4 is 112 Å². The summed E-state index contributed by atoms with van der Waals surface area (Å²) in [6, 6.07) is 145. The number of ether oxygens (including phenoxy) is 1. The zero-order chi connectivity index (χ0) is 64.9. The van der Waals surface area contributed by atoms with Crippen molar-refractivity contribution in [3.8, 4) is 16.9 Å². The summed E-state index contributed by atoms with van der Waals surface area (Å²) in [5.41, 5.74) is 7.94. The average Bonchev–Trinajstić information content (AvgIpc) is 0.997. The van der Waals surface area contributed by atoms with Crippen molar-refractivity contribution in [1.29, 1.82) is 0 Å². The number of nitrogens with two attached hydrogens (primary N) is 1. The number of pyridine rings is 1. The van der Waals surface area contributed by atoms with Crippen LogP contribution in [-0.2, 0) is 20.4 Å². The first-order valence-corrected chi connectivity index (χ1v) is 37.0. The third-order valence-electron chi connectivity index (χ3n) is 15.4. The summed E-state index contributed by atoms with van der Waals surface area (Å²) in [4.78, 5) is 4.12. The molecule has 0 saturated heterocycles. The minimum atomic E-state index is -0.446. The van der Waals surface area contributed by atoms with Crippen molar-refractivity contribution in [2.24, 2.45) is 0 Å². The molecule has 0 atom stereocenters. The molecule has 0 aliphatic carbocycles. The fourth-order valence-electron chi connectivity index (χ4n) is 10.9. The molecule has 0 radical (unpaired) electrons. The molecule has 0 aliphatic rings. The number of rotatable bonds is 14. The normalized spacial score (nSPS) is 10.5. The summed E-state index contributed by atoms with van der Waals surface area (Å²) >= 11 is 0. The molecule has 0 aliphatic heterocycles. The van der Waals surface area contributed by atoms with Gasteiger partial charge in [0.2, 0.25) is 0 Å². The molecular weight excluding hydrogens is 1330 g/mol. The minimum absolute atomic E-state index is 0. The number of aromatic nitrogens is 1. The molecule has 96 heavy (non-hydrogen) atoms. The molecule has 8 heteroatoms. The van der Waals surface area contributed by atoms with E-state index in [1.807, 2.05) is 30.3 Å². The van der Waals surface area contributed by atoms with Crippen molar-refractivity contribution in [3.63, 3.8) is 0 Å². The summed E-state index contributed by atoms with van der Waals surface area (Å²) in [5, 5.41) is 19.1. The van der Waals surface area contributed by atoms with Crippen LogP contribution in [-0.4, -0.2) is 12.1 Å². The second-order valence-corrected chi connectivity index (χ2v) is 30.6. The molecule has 14 aromatic carbocycles. The average molecular weight is 1410 g/mol. The number of anilines is 1. The number of hydrogen-bond acceptors (Lipinski definition) is 3. The predicted molar refractivity (Wildman–Crippen MR) is 419 cm³/mol. The Hall–Kier alpha value is -9.53. The molecule has 1 heterocycles. The molecule has 0 saturated carbocycles. The first-order chi connectivity index (χ1) is 47.1. The number of nitrogen functional groups attached to an aromatic ring is 1. The van der Waals surface area contributed by atoms with Gasteiger partial charge in [0.05, 0.1) is 7.11 Å². The summed E-state index contributed by atoms with van der Waals surface area (Å²) in [5.74, 6) is 1.41. The molecule has 15 aromatic rings. The Balaban J connectivity index is 0.000000130. The molecule has 1 aromatic heterocycles. The van der Waals surface area contributed by atoms with Gasteiger partial charge in [-0.25, -0.2) is 4.98 Å². The minimum Gasteiger partial charge on any atom is -0.497 e. The van der Waals surface area contributed by atoms with Crippen LogP contribution in [0.1, 0.15) is 0 Å². The standard InChI is InChI=1S/4C18H15P.C16H14N2O.Pd/c4*1-4-10-16(11-5-1)19(17-12-6-2-7-13-17)18-14-8-3-9-15-18;1-19-14-7-6-11-9-13(5-4-12(11)10-14)15-3-2-8-18-16(15)17;/h4*1-15H;2-10H,1H3,(H2,17,18);. The van der Waals surface area contributed by atoms with Crippen LogP contribution in [0.4, 0.5) is 5.82 Å². The Bertz CT molecular complexity index is 3770. The van der Waals surface area contributed by atoms with E-state index in [0.29, 0.717) is 5.82 Å². The summed E-state index contributed by atoms with van der Waals surface area (Å²) in [6.07, 6.45) is 1.70. The van der Waals surface area contributed by atoms with E-state index in [1.54, 1.807) is 13.3 Å². The van der Waals surface area contributed by atoms with Crippen molar-refractivity contribution < 1.29 is 25.2 Å². The Kier molecular flexibility index (Phi) is 27.1. The smallest absolute Gasteiger partial charge is 0.131 e. The topological polar surface area (TPSA) is 48.1 Å². The van der Waals surface area contributed by atoms with Crippen LogP contribution in [0.2, 0.25) is 0 Å². The SMILES string of the molecule is COc1ccc2cc(-c3cccnc3N)ccc2c1.[Pd].c1ccc(P(c2ccccc2)c2ccccc2)cc1.c1ccc(P(c2ccccc2)c2ccccc2)cc1.c1ccc(P(c2ccccc2)c2ccccc2)cc1.c1ccc(P(c2ccccc2)c2ccccc2)cc1.